The summed E-state index contributed by atoms with van der Waals surface area (Å²) in [6.45, 7) is 1.35. The monoisotopic (exact) mass is 279 g/mol. The number of hydrogen-bond acceptors (Lipinski definition) is 5. The van der Waals surface area contributed by atoms with Crippen LogP contribution in [0.4, 0.5) is 0 Å². The molecule has 1 aliphatic heterocycles. The molecule has 0 radical (unpaired) electrons. The summed E-state index contributed by atoms with van der Waals surface area (Å²) in [4.78, 5) is 19.6. The lowest BCUT2D eigenvalue weighted by Gasteiger charge is -2.13. The number of aromatic nitrogens is 3. The Hall–Kier alpha value is -1.60. The quantitative estimate of drug-likeness (QED) is 0.856. The van der Waals surface area contributed by atoms with Gasteiger partial charge in [0.1, 0.15) is 5.52 Å². The van der Waals surface area contributed by atoms with Crippen LogP contribution in [0, 0.1) is 0 Å². The van der Waals surface area contributed by atoms with Crippen molar-refractivity contribution < 1.29 is 14.6 Å². The molecule has 6 nitrogen and oxygen atoms in total. The molecule has 7 heteroatoms. The summed E-state index contributed by atoms with van der Waals surface area (Å²) in [5.74, 6) is -0.851. The number of thioether (sulfide) groups is 1. The van der Waals surface area contributed by atoms with Gasteiger partial charge in [0.15, 0.2) is 10.8 Å². The summed E-state index contributed by atoms with van der Waals surface area (Å²) < 4.78 is 7.42. The van der Waals surface area contributed by atoms with Crippen molar-refractivity contribution in [2.45, 2.75) is 17.6 Å². The molecule has 2 aromatic heterocycles. The number of carboxylic acid groups (broad SMARTS) is 1. The van der Waals surface area contributed by atoms with E-state index in [1.165, 1.54) is 11.8 Å². The Balaban J connectivity index is 2.03. The summed E-state index contributed by atoms with van der Waals surface area (Å²) in [5, 5.41) is 9.51. The number of rotatable bonds is 4. The van der Waals surface area contributed by atoms with Gasteiger partial charge in [0.05, 0.1) is 18.4 Å². The lowest BCUT2D eigenvalue weighted by atomic mass is 10.2. The molecule has 0 saturated carbocycles. The van der Waals surface area contributed by atoms with Gasteiger partial charge in [-0.05, 0) is 18.6 Å². The minimum Gasteiger partial charge on any atom is -0.481 e. The molecule has 1 atom stereocenters. The Labute approximate surface area is 113 Å². The average Bonchev–Trinajstić information content (AvgIpc) is 3.02. The van der Waals surface area contributed by atoms with Crippen LogP contribution >= 0.6 is 11.8 Å². The number of ether oxygens (including phenoxy) is 1. The van der Waals surface area contributed by atoms with Gasteiger partial charge in [-0.15, -0.1) is 0 Å². The molecule has 0 spiro atoms. The molecule has 0 aliphatic carbocycles. The topological polar surface area (TPSA) is 77.2 Å². The van der Waals surface area contributed by atoms with E-state index in [4.69, 9.17) is 9.84 Å². The van der Waals surface area contributed by atoms with Gasteiger partial charge in [-0.2, -0.15) is 0 Å². The Morgan fingerprint density at radius 1 is 1.63 bits per heavy atom. The number of pyridine rings is 1. The second-order valence-corrected chi connectivity index (χ2v) is 5.25. The highest BCUT2D eigenvalue weighted by atomic mass is 32.2. The molecule has 1 saturated heterocycles. The summed E-state index contributed by atoms with van der Waals surface area (Å²) >= 11 is 1.22. The first kappa shape index (κ1) is 12.4. The number of imidazole rings is 1. The third kappa shape index (κ3) is 2.43. The number of nitrogens with zero attached hydrogens (tertiary/aromatic N) is 3. The number of aliphatic carboxylic acids is 1. The van der Waals surface area contributed by atoms with Gasteiger partial charge in [-0.25, -0.2) is 9.97 Å². The molecule has 1 aliphatic rings. The molecule has 0 amide bonds. The smallest absolute Gasteiger partial charge is 0.313 e. The van der Waals surface area contributed by atoms with Crippen LogP contribution < -0.4 is 0 Å². The van der Waals surface area contributed by atoms with Gasteiger partial charge >= 0.3 is 5.97 Å². The summed E-state index contributed by atoms with van der Waals surface area (Å²) in [6.07, 6.45) is 2.63. The number of fused-ring (bicyclic) bond motifs is 1. The van der Waals surface area contributed by atoms with Crippen molar-refractivity contribution >= 4 is 28.9 Å². The Morgan fingerprint density at radius 3 is 3.26 bits per heavy atom. The van der Waals surface area contributed by atoms with Gasteiger partial charge in [0, 0.05) is 12.8 Å². The van der Waals surface area contributed by atoms with Gasteiger partial charge < -0.3 is 9.84 Å². The highest BCUT2D eigenvalue weighted by molar-refractivity contribution is 7.99. The zero-order chi connectivity index (χ0) is 13.2. The molecule has 3 rings (SSSR count). The third-order valence-electron chi connectivity index (χ3n) is 3.01. The highest BCUT2D eigenvalue weighted by Gasteiger charge is 2.24. The highest BCUT2D eigenvalue weighted by Crippen LogP contribution is 2.30. The van der Waals surface area contributed by atoms with Gasteiger partial charge in [0.25, 0.3) is 0 Å². The molecular weight excluding hydrogens is 266 g/mol. The second-order valence-electron chi connectivity index (χ2n) is 4.31. The summed E-state index contributed by atoms with van der Waals surface area (Å²) in [5.41, 5.74) is 1.59. The van der Waals surface area contributed by atoms with E-state index in [0.717, 1.165) is 24.2 Å². The van der Waals surface area contributed by atoms with Crippen molar-refractivity contribution in [3.8, 4) is 0 Å². The Kier molecular flexibility index (Phi) is 3.39. The average molecular weight is 279 g/mol. The molecule has 1 fully saturated rings. The maximum Gasteiger partial charge on any atom is 0.313 e. The maximum absolute atomic E-state index is 10.7. The summed E-state index contributed by atoms with van der Waals surface area (Å²) in [7, 11) is 0. The molecule has 0 bridgehead atoms. The molecule has 0 aromatic carbocycles. The van der Waals surface area contributed by atoms with Crippen LogP contribution in [0.5, 0.6) is 0 Å². The zero-order valence-corrected chi connectivity index (χ0v) is 11.0. The van der Waals surface area contributed by atoms with E-state index < -0.39 is 5.97 Å². The first-order chi connectivity index (χ1) is 9.25. The van der Waals surface area contributed by atoms with E-state index in [1.54, 1.807) is 6.20 Å². The standard InChI is InChI=1S/C12H13N3O3S/c16-10(17)7-19-12-14-9-2-1-4-13-11(9)15(12)8-3-5-18-6-8/h1-2,4,8H,3,5-7H2,(H,16,17). The summed E-state index contributed by atoms with van der Waals surface area (Å²) in [6, 6.07) is 3.91. The third-order valence-corrected chi connectivity index (χ3v) is 3.95. The lowest BCUT2D eigenvalue weighted by Crippen LogP contribution is -2.11. The van der Waals surface area contributed by atoms with Crippen molar-refractivity contribution in [2.24, 2.45) is 0 Å². The fourth-order valence-electron chi connectivity index (χ4n) is 2.19. The predicted molar refractivity (Wildman–Crippen MR) is 70.4 cm³/mol. The van der Waals surface area contributed by atoms with Crippen LogP contribution in [0.2, 0.25) is 0 Å². The normalized spacial score (nSPS) is 19.1. The molecule has 19 heavy (non-hydrogen) atoms. The largest absolute Gasteiger partial charge is 0.481 e. The fraction of sp³-hybridized carbons (Fsp3) is 0.417. The molecule has 100 valence electrons. The van der Waals surface area contributed by atoms with Gasteiger partial charge in [-0.3, -0.25) is 9.36 Å². The zero-order valence-electron chi connectivity index (χ0n) is 10.2. The molecule has 1 N–H and O–H groups in total. The lowest BCUT2D eigenvalue weighted by molar-refractivity contribution is -0.133. The minimum atomic E-state index is -0.848. The van der Waals surface area contributed by atoms with Gasteiger partial charge in [0.2, 0.25) is 0 Å². The van der Waals surface area contributed by atoms with E-state index in [1.807, 2.05) is 16.7 Å². The van der Waals surface area contributed by atoms with Crippen LogP contribution in [0.15, 0.2) is 23.5 Å². The van der Waals surface area contributed by atoms with Crippen LogP contribution in [0.25, 0.3) is 11.2 Å². The second kappa shape index (κ2) is 5.18. The van der Waals surface area contributed by atoms with E-state index in [9.17, 15) is 4.79 Å². The molecule has 3 heterocycles. The van der Waals surface area contributed by atoms with E-state index in [-0.39, 0.29) is 11.8 Å². The minimum absolute atomic E-state index is 0.00308. The SMILES string of the molecule is O=C(O)CSc1nc2cccnc2n1C1CCOC1. The Morgan fingerprint density at radius 2 is 2.53 bits per heavy atom. The van der Waals surface area contributed by atoms with Crippen molar-refractivity contribution in [2.75, 3.05) is 19.0 Å². The maximum atomic E-state index is 10.7. The van der Waals surface area contributed by atoms with E-state index in [2.05, 4.69) is 9.97 Å². The van der Waals surface area contributed by atoms with Crippen molar-refractivity contribution in [1.29, 1.82) is 0 Å². The van der Waals surface area contributed by atoms with E-state index in [0.29, 0.717) is 11.8 Å². The van der Waals surface area contributed by atoms with Crippen molar-refractivity contribution in [3.05, 3.63) is 18.3 Å². The number of hydrogen-bond donors (Lipinski definition) is 1. The van der Waals surface area contributed by atoms with Crippen LogP contribution in [0.3, 0.4) is 0 Å². The van der Waals surface area contributed by atoms with Crippen LogP contribution in [0.1, 0.15) is 12.5 Å². The first-order valence-electron chi connectivity index (χ1n) is 6.01. The number of carboxylic acids is 1. The van der Waals surface area contributed by atoms with Crippen LogP contribution in [-0.2, 0) is 9.53 Å². The molecule has 1 unspecified atom stereocenters. The van der Waals surface area contributed by atoms with Gasteiger partial charge in [-0.1, -0.05) is 11.8 Å². The predicted octanol–water partition coefficient (Wildman–Crippen LogP) is 1.57. The first-order valence-corrected chi connectivity index (χ1v) is 6.99. The van der Waals surface area contributed by atoms with Crippen LogP contribution in [-0.4, -0.2) is 44.6 Å². The van der Waals surface area contributed by atoms with Crippen molar-refractivity contribution in [1.82, 2.24) is 14.5 Å². The van der Waals surface area contributed by atoms with E-state index >= 15 is 0 Å². The Bertz CT molecular complexity index is 607. The fourth-order valence-corrected chi connectivity index (χ4v) is 2.98. The number of carbonyl (C=O) groups is 1. The van der Waals surface area contributed by atoms with Crippen molar-refractivity contribution in [3.63, 3.8) is 0 Å². The molecule has 2 aromatic rings. The molecular formula is C12H13N3O3S.